The van der Waals surface area contributed by atoms with Crippen molar-refractivity contribution in [2.24, 2.45) is 0 Å². The van der Waals surface area contributed by atoms with Crippen LogP contribution in [0.3, 0.4) is 0 Å². The summed E-state index contributed by atoms with van der Waals surface area (Å²) in [7, 11) is 0. The molecule has 0 aliphatic heterocycles. The monoisotopic (exact) mass is 223 g/mol. The van der Waals surface area contributed by atoms with Crippen LogP contribution in [0.15, 0.2) is 0 Å². The molecule has 3 nitrogen and oxygen atoms in total. The number of carbonyl (C=O) groups excluding carboxylic acids is 1. The Labute approximate surface area is 97.6 Å². The van der Waals surface area contributed by atoms with E-state index in [1.807, 2.05) is 0 Å². The highest BCUT2D eigenvalue weighted by molar-refractivity contribution is 5.76. The minimum Gasteiger partial charge on any atom is -0.396 e. The van der Waals surface area contributed by atoms with Crippen LogP contribution < -0.4 is 5.32 Å². The number of hydrogen-bond acceptors (Lipinski definition) is 2. The van der Waals surface area contributed by atoms with Gasteiger partial charge >= 0.3 is 0 Å². The molecule has 0 radical (unpaired) electrons. The second kappa shape index (κ2) is 8.18. The average molecular weight is 223 g/mol. The van der Waals surface area contributed by atoms with Crippen LogP contribution in [0.4, 0.5) is 0 Å². The van der Waals surface area contributed by atoms with E-state index in [9.17, 15) is 4.79 Å². The zero-order valence-corrected chi connectivity index (χ0v) is 9.80. The molecule has 1 fully saturated rings. The fourth-order valence-electron chi connectivity index (χ4n) is 1.37. The number of amides is 1. The Morgan fingerprint density at radius 2 is 1.88 bits per heavy atom. The predicted molar refractivity (Wildman–Crippen MR) is 63.7 cm³/mol. The van der Waals surface area contributed by atoms with E-state index in [0.29, 0.717) is 12.5 Å². The van der Waals surface area contributed by atoms with Gasteiger partial charge in [0, 0.05) is 31.9 Å². The fourth-order valence-corrected chi connectivity index (χ4v) is 1.37. The predicted octanol–water partition coefficient (Wildman–Crippen LogP) is 1.60. The summed E-state index contributed by atoms with van der Waals surface area (Å²) in [6.45, 7) is 0.253. The van der Waals surface area contributed by atoms with Crippen molar-refractivity contribution >= 4 is 5.91 Å². The highest BCUT2D eigenvalue weighted by Crippen LogP contribution is 2.18. The molecule has 0 spiro atoms. The second-order valence-corrected chi connectivity index (χ2v) is 4.23. The maximum atomic E-state index is 11.3. The van der Waals surface area contributed by atoms with Gasteiger partial charge in [0.2, 0.25) is 5.91 Å². The third-order valence-electron chi connectivity index (χ3n) is 2.48. The molecule has 1 aliphatic rings. The quantitative estimate of drug-likeness (QED) is 0.509. The van der Waals surface area contributed by atoms with Gasteiger partial charge in [-0.2, -0.15) is 0 Å². The van der Waals surface area contributed by atoms with Crippen LogP contribution in [0.25, 0.3) is 0 Å². The van der Waals surface area contributed by atoms with Crippen molar-refractivity contribution in [1.29, 1.82) is 0 Å². The summed E-state index contributed by atoms with van der Waals surface area (Å²) in [6.07, 6.45) is 7.20. The van der Waals surface area contributed by atoms with Gasteiger partial charge in [-0.25, -0.2) is 0 Å². The van der Waals surface area contributed by atoms with E-state index in [0.717, 1.165) is 44.9 Å². The molecule has 90 valence electrons. The first kappa shape index (κ1) is 13.1. The summed E-state index contributed by atoms with van der Waals surface area (Å²) in [4.78, 5) is 11.3. The highest BCUT2D eigenvalue weighted by Gasteiger charge is 2.22. The van der Waals surface area contributed by atoms with Gasteiger partial charge in [-0.05, 0) is 32.1 Å². The van der Waals surface area contributed by atoms with Crippen molar-refractivity contribution < 1.29 is 9.90 Å². The molecule has 0 bridgehead atoms. The van der Waals surface area contributed by atoms with Crippen LogP contribution in [0.5, 0.6) is 0 Å². The summed E-state index contributed by atoms with van der Waals surface area (Å²) in [5.41, 5.74) is 0. The molecule has 2 N–H and O–H groups in total. The lowest BCUT2D eigenvalue weighted by atomic mass is 10.2. The van der Waals surface area contributed by atoms with Gasteiger partial charge in [0.1, 0.15) is 0 Å². The summed E-state index contributed by atoms with van der Waals surface area (Å²) >= 11 is 0. The highest BCUT2D eigenvalue weighted by atomic mass is 16.2. The number of aliphatic hydroxyl groups excluding tert-OH is 1. The molecule has 0 aromatic carbocycles. The molecule has 1 amide bonds. The molecule has 0 atom stereocenters. The molecule has 0 saturated heterocycles. The second-order valence-electron chi connectivity index (χ2n) is 4.23. The first-order valence-electron chi connectivity index (χ1n) is 6.19. The van der Waals surface area contributed by atoms with Gasteiger partial charge in [-0.1, -0.05) is 0 Å². The molecular weight excluding hydrogens is 202 g/mol. The van der Waals surface area contributed by atoms with Crippen LogP contribution in [0.2, 0.25) is 0 Å². The van der Waals surface area contributed by atoms with E-state index < -0.39 is 0 Å². The van der Waals surface area contributed by atoms with Gasteiger partial charge in [0.05, 0.1) is 0 Å². The van der Waals surface area contributed by atoms with Crippen molar-refractivity contribution in [3.05, 3.63) is 0 Å². The zero-order chi connectivity index (χ0) is 11.6. The van der Waals surface area contributed by atoms with E-state index in [4.69, 9.17) is 5.11 Å². The SMILES string of the molecule is O=C(CCCC#CCCCCO)NC1CC1. The van der Waals surface area contributed by atoms with Crippen LogP contribution in [-0.2, 0) is 4.79 Å². The summed E-state index contributed by atoms with van der Waals surface area (Å²) in [5, 5.41) is 11.5. The molecule has 1 aliphatic carbocycles. The first-order chi connectivity index (χ1) is 7.83. The van der Waals surface area contributed by atoms with Crippen molar-refractivity contribution in [2.45, 2.75) is 57.4 Å². The molecule has 0 aromatic heterocycles. The lowest BCUT2D eigenvalue weighted by Crippen LogP contribution is -2.24. The van der Waals surface area contributed by atoms with Crippen LogP contribution in [0, 0.1) is 11.8 Å². The van der Waals surface area contributed by atoms with Crippen molar-refractivity contribution in [1.82, 2.24) is 5.32 Å². The number of carbonyl (C=O) groups is 1. The Balaban J connectivity index is 1.87. The zero-order valence-electron chi connectivity index (χ0n) is 9.80. The van der Waals surface area contributed by atoms with Crippen LogP contribution >= 0.6 is 0 Å². The molecule has 1 saturated carbocycles. The Kier molecular flexibility index (Phi) is 6.67. The molecular formula is C13H21NO2. The van der Waals surface area contributed by atoms with E-state index in [1.54, 1.807) is 0 Å². The molecule has 3 heteroatoms. The van der Waals surface area contributed by atoms with Gasteiger partial charge in [-0.3, -0.25) is 4.79 Å². The van der Waals surface area contributed by atoms with Gasteiger partial charge < -0.3 is 10.4 Å². The third kappa shape index (κ3) is 7.30. The molecule has 16 heavy (non-hydrogen) atoms. The maximum Gasteiger partial charge on any atom is 0.220 e. The number of aliphatic hydroxyl groups is 1. The van der Waals surface area contributed by atoms with Crippen molar-refractivity contribution in [3.63, 3.8) is 0 Å². The standard InChI is InChI=1S/C13H21NO2/c15-11-7-5-3-1-2-4-6-8-13(16)14-12-9-10-12/h12,15H,3-11H2,(H,14,16). The Bertz CT molecular complexity index is 261. The lowest BCUT2D eigenvalue weighted by Gasteiger charge is -2.00. The smallest absolute Gasteiger partial charge is 0.220 e. The van der Waals surface area contributed by atoms with Gasteiger partial charge in [-0.15, -0.1) is 11.8 Å². The first-order valence-corrected chi connectivity index (χ1v) is 6.19. The normalized spacial score (nSPS) is 14.1. The largest absolute Gasteiger partial charge is 0.396 e. The van der Waals surface area contributed by atoms with Gasteiger partial charge in [0.25, 0.3) is 0 Å². The average Bonchev–Trinajstić information content (AvgIpc) is 3.06. The molecule has 0 aromatic rings. The lowest BCUT2D eigenvalue weighted by molar-refractivity contribution is -0.121. The number of rotatable bonds is 7. The Morgan fingerprint density at radius 1 is 1.19 bits per heavy atom. The molecule has 0 unspecified atom stereocenters. The Morgan fingerprint density at radius 3 is 2.50 bits per heavy atom. The summed E-state index contributed by atoms with van der Waals surface area (Å²) in [5.74, 6) is 6.28. The third-order valence-corrected chi connectivity index (χ3v) is 2.48. The fraction of sp³-hybridized carbons (Fsp3) is 0.769. The maximum absolute atomic E-state index is 11.3. The van der Waals surface area contributed by atoms with Gasteiger partial charge in [0.15, 0.2) is 0 Å². The minimum absolute atomic E-state index is 0.171. The van der Waals surface area contributed by atoms with Crippen LogP contribution in [0.1, 0.15) is 51.4 Å². The van der Waals surface area contributed by atoms with Crippen molar-refractivity contribution in [2.75, 3.05) is 6.61 Å². The summed E-state index contributed by atoms with van der Waals surface area (Å²) < 4.78 is 0. The van der Waals surface area contributed by atoms with E-state index in [-0.39, 0.29) is 12.5 Å². The number of nitrogens with one attached hydrogen (secondary N) is 1. The van der Waals surface area contributed by atoms with E-state index >= 15 is 0 Å². The molecule has 0 heterocycles. The Hall–Kier alpha value is -1.01. The minimum atomic E-state index is 0.171. The van der Waals surface area contributed by atoms with Crippen molar-refractivity contribution in [3.8, 4) is 11.8 Å². The van der Waals surface area contributed by atoms with E-state index in [2.05, 4.69) is 17.2 Å². The summed E-state index contributed by atoms with van der Waals surface area (Å²) in [6, 6.07) is 0.470. The molecule has 1 rings (SSSR count). The topological polar surface area (TPSA) is 49.3 Å². The number of hydrogen-bond donors (Lipinski definition) is 2. The number of unbranched alkanes of at least 4 members (excludes halogenated alkanes) is 3. The van der Waals surface area contributed by atoms with Crippen LogP contribution in [-0.4, -0.2) is 23.7 Å². The van der Waals surface area contributed by atoms with E-state index in [1.165, 1.54) is 0 Å².